The van der Waals surface area contributed by atoms with Crippen LogP contribution in [0.3, 0.4) is 0 Å². The molecule has 0 saturated heterocycles. The number of aromatic nitrogens is 2. The highest BCUT2D eigenvalue weighted by Crippen LogP contribution is 2.21. The number of para-hydroxylation sites is 1. The lowest BCUT2D eigenvalue weighted by Crippen LogP contribution is -2.28. The van der Waals surface area contributed by atoms with E-state index in [1.165, 1.54) is 0 Å². The summed E-state index contributed by atoms with van der Waals surface area (Å²) in [5.41, 5.74) is 0.886. The molecule has 0 bridgehead atoms. The van der Waals surface area contributed by atoms with Crippen molar-refractivity contribution in [2.45, 2.75) is 17.9 Å². The van der Waals surface area contributed by atoms with Crippen LogP contribution in [-0.2, 0) is 11.3 Å². The Morgan fingerprint density at radius 2 is 1.73 bits per heavy atom. The quantitative estimate of drug-likeness (QED) is 0.396. The summed E-state index contributed by atoms with van der Waals surface area (Å²) in [7, 11) is 5.94. The number of hydrogen-bond donors (Lipinski definition) is 1. The summed E-state index contributed by atoms with van der Waals surface area (Å²) in [6.07, 6.45) is 1.02. The second-order valence-electron chi connectivity index (χ2n) is 7.44. The molecule has 3 rings (SSSR count). The van der Waals surface area contributed by atoms with Gasteiger partial charge in [0.15, 0.2) is 5.82 Å². The number of rotatable bonds is 10. The van der Waals surface area contributed by atoms with Crippen molar-refractivity contribution in [3.63, 3.8) is 0 Å². The van der Waals surface area contributed by atoms with Crippen LogP contribution in [-0.4, -0.2) is 65.7 Å². The van der Waals surface area contributed by atoms with E-state index in [4.69, 9.17) is 4.98 Å². The molecule has 0 unspecified atom stereocenters. The van der Waals surface area contributed by atoms with E-state index >= 15 is 0 Å². The lowest BCUT2D eigenvalue weighted by Gasteiger charge is -2.18. The summed E-state index contributed by atoms with van der Waals surface area (Å²) in [4.78, 5) is 26.9. The zero-order valence-electron chi connectivity index (χ0n) is 17.8. The predicted molar refractivity (Wildman–Crippen MR) is 125 cm³/mol. The Hall–Kier alpha value is -2.64. The van der Waals surface area contributed by atoms with E-state index in [0.29, 0.717) is 18.1 Å². The van der Waals surface area contributed by atoms with Gasteiger partial charge in [0.2, 0.25) is 5.91 Å². The number of hydrogen-bond acceptors (Lipinski definition) is 6. The topological polar surface area (TPSA) is 61.4 Å². The van der Waals surface area contributed by atoms with Crippen LogP contribution >= 0.6 is 11.8 Å². The molecule has 0 fully saturated rings. The van der Waals surface area contributed by atoms with Gasteiger partial charge in [0.1, 0.15) is 5.82 Å². The Bertz CT molecular complexity index is 964. The van der Waals surface area contributed by atoms with Crippen LogP contribution in [0.15, 0.2) is 59.5 Å². The van der Waals surface area contributed by atoms with Crippen molar-refractivity contribution in [2.75, 3.05) is 45.3 Å². The Labute approximate surface area is 182 Å². The normalized spacial score (nSPS) is 11.1. The summed E-state index contributed by atoms with van der Waals surface area (Å²) in [6, 6.07) is 17.9. The van der Waals surface area contributed by atoms with Crippen molar-refractivity contribution >= 4 is 34.4 Å². The largest absolute Gasteiger partial charge is 0.369 e. The molecule has 7 heteroatoms. The number of benzene rings is 2. The molecule has 1 amide bonds. The molecule has 0 radical (unpaired) electrons. The van der Waals surface area contributed by atoms with E-state index in [1.54, 1.807) is 23.7 Å². The van der Waals surface area contributed by atoms with Crippen molar-refractivity contribution in [1.82, 2.24) is 19.8 Å². The van der Waals surface area contributed by atoms with Crippen molar-refractivity contribution in [2.24, 2.45) is 0 Å². The number of nitrogens with zero attached hydrogens (tertiary/aromatic N) is 4. The van der Waals surface area contributed by atoms with Gasteiger partial charge in [-0.3, -0.25) is 4.79 Å². The molecule has 0 aliphatic rings. The molecule has 30 heavy (non-hydrogen) atoms. The smallest absolute Gasteiger partial charge is 0.233 e. The number of amides is 1. The zero-order chi connectivity index (χ0) is 21.3. The van der Waals surface area contributed by atoms with E-state index in [-0.39, 0.29) is 5.91 Å². The van der Waals surface area contributed by atoms with Crippen molar-refractivity contribution < 1.29 is 4.79 Å². The van der Waals surface area contributed by atoms with Gasteiger partial charge in [-0.15, -0.1) is 11.8 Å². The second-order valence-corrected chi connectivity index (χ2v) is 8.49. The maximum atomic E-state index is 12.6. The van der Waals surface area contributed by atoms with E-state index in [9.17, 15) is 4.79 Å². The fraction of sp³-hybridized carbons (Fsp3) is 0.348. The van der Waals surface area contributed by atoms with Crippen LogP contribution in [0.4, 0.5) is 5.82 Å². The number of nitrogens with one attached hydrogen (secondary N) is 1. The SMILES string of the molecule is CN(C)CCCNc1nc(CN(C)C(=O)CSc2ccccc2)nc2ccccc12. The highest BCUT2D eigenvalue weighted by atomic mass is 32.2. The third-order valence-electron chi connectivity index (χ3n) is 4.63. The van der Waals surface area contributed by atoms with E-state index < -0.39 is 0 Å². The Kier molecular flexibility index (Phi) is 8.04. The number of carbonyl (C=O) groups is 1. The second kappa shape index (κ2) is 10.9. The van der Waals surface area contributed by atoms with E-state index in [2.05, 4.69) is 29.3 Å². The fourth-order valence-corrected chi connectivity index (χ4v) is 3.86. The van der Waals surface area contributed by atoms with Crippen LogP contribution in [0, 0.1) is 0 Å². The van der Waals surface area contributed by atoms with Gasteiger partial charge >= 0.3 is 0 Å². The maximum Gasteiger partial charge on any atom is 0.233 e. The standard InChI is InChI=1S/C23H29N5OS/c1-27(2)15-9-14-24-23-19-12-7-8-13-20(19)25-21(26-23)16-28(3)22(29)17-30-18-10-5-4-6-11-18/h4-8,10-13H,9,14-17H2,1-3H3,(H,24,25,26). The van der Waals surface area contributed by atoms with Gasteiger partial charge in [0.25, 0.3) is 0 Å². The minimum Gasteiger partial charge on any atom is -0.369 e. The molecule has 0 atom stereocenters. The molecule has 158 valence electrons. The molecule has 1 heterocycles. The first-order valence-electron chi connectivity index (χ1n) is 10.1. The average molecular weight is 424 g/mol. The molecule has 2 aromatic carbocycles. The average Bonchev–Trinajstić information content (AvgIpc) is 2.75. The van der Waals surface area contributed by atoms with Crippen LogP contribution in [0.1, 0.15) is 12.2 Å². The molecule has 3 aromatic rings. The molecule has 0 aliphatic carbocycles. The van der Waals surface area contributed by atoms with Gasteiger partial charge in [-0.25, -0.2) is 9.97 Å². The molecular formula is C23H29N5OS. The van der Waals surface area contributed by atoms with Gasteiger partial charge in [-0.1, -0.05) is 30.3 Å². The summed E-state index contributed by atoms with van der Waals surface area (Å²) < 4.78 is 0. The molecule has 1 N–H and O–H groups in total. The first kappa shape index (κ1) is 22.1. The van der Waals surface area contributed by atoms with Gasteiger partial charge in [-0.05, 0) is 51.3 Å². The third kappa shape index (κ3) is 6.43. The van der Waals surface area contributed by atoms with Crippen molar-refractivity contribution in [1.29, 1.82) is 0 Å². The van der Waals surface area contributed by atoms with Crippen LogP contribution in [0.25, 0.3) is 10.9 Å². The van der Waals surface area contributed by atoms with Gasteiger partial charge in [0.05, 0.1) is 17.8 Å². The van der Waals surface area contributed by atoms with Crippen molar-refractivity contribution in [3.8, 4) is 0 Å². The number of fused-ring (bicyclic) bond motifs is 1. The monoisotopic (exact) mass is 423 g/mol. The van der Waals surface area contributed by atoms with Crippen molar-refractivity contribution in [3.05, 3.63) is 60.4 Å². The molecule has 0 spiro atoms. The lowest BCUT2D eigenvalue weighted by molar-refractivity contribution is -0.127. The summed E-state index contributed by atoms with van der Waals surface area (Å²) >= 11 is 1.54. The van der Waals surface area contributed by atoms with Crippen LogP contribution in [0.2, 0.25) is 0 Å². The summed E-state index contributed by atoms with van der Waals surface area (Å²) in [5, 5.41) is 4.45. The fourth-order valence-electron chi connectivity index (χ4n) is 3.00. The van der Waals surface area contributed by atoms with E-state index in [0.717, 1.165) is 41.1 Å². The predicted octanol–water partition coefficient (Wildman–Crippen LogP) is 3.74. The minimum absolute atomic E-state index is 0.0566. The third-order valence-corrected chi connectivity index (χ3v) is 5.63. The number of carbonyl (C=O) groups excluding carboxylic acids is 1. The van der Waals surface area contributed by atoms with Gasteiger partial charge in [-0.2, -0.15) is 0 Å². The maximum absolute atomic E-state index is 12.6. The van der Waals surface area contributed by atoms with Gasteiger partial charge < -0.3 is 15.1 Å². The van der Waals surface area contributed by atoms with Crippen LogP contribution in [0.5, 0.6) is 0 Å². The highest BCUT2D eigenvalue weighted by molar-refractivity contribution is 8.00. The molecular weight excluding hydrogens is 394 g/mol. The van der Waals surface area contributed by atoms with Gasteiger partial charge in [0, 0.05) is 23.9 Å². The molecule has 0 aliphatic heterocycles. The number of thioether (sulfide) groups is 1. The molecule has 0 saturated carbocycles. The highest BCUT2D eigenvalue weighted by Gasteiger charge is 2.14. The lowest BCUT2D eigenvalue weighted by atomic mass is 10.2. The molecule has 6 nitrogen and oxygen atoms in total. The summed E-state index contributed by atoms with van der Waals surface area (Å²) in [6.45, 7) is 2.23. The minimum atomic E-state index is 0.0566. The Morgan fingerprint density at radius 1 is 1.00 bits per heavy atom. The Balaban J connectivity index is 1.66. The Morgan fingerprint density at radius 3 is 2.50 bits per heavy atom. The molecule has 1 aromatic heterocycles. The zero-order valence-corrected chi connectivity index (χ0v) is 18.7. The first-order chi connectivity index (χ1) is 14.5. The number of anilines is 1. The van der Waals surface area contributed by atoms with Crippen LogP contribution < -0.4 is 5.32 Å². The summed E-state index contributed by atoms with van der Waals surface area (Å²) in [5.74, 6) is 1.92. The first-order valence-corrected chi connectivity index (χ1v) is 11.1. The van der Waals surface area contributed by atoms with E-state index in [1.807, 2.05) is 54.6 Å².